The second-order valence-corrected chi connectivity index (χ2v) is 18.6. The van der Waals surface area contributed by atoms with Gasteiger partial charge in [-0.3, -0.25) is 0 Å². The molecule has 0 saturated carbocycles. The first-order chi connectivity index (χ1) is 27.9. The summed E-state index contributed by atoms with van der Waals surface area (Å²) >= 11 is 0. The normalized spacial score (nSPS) is 14.7. The third-order valence-electron chi connectivity index (χ3n) is 13.4. The third-order valence-corrected chi connectivity index (χ3v) is 13.4. The van der Waals surface area contributed by atoms with E-state index in [1.807, 2.05) is 0 Å². The smallest absolute Gasteiger partial charge is 0.136 e. The van der Waals surface area contributed by atoms with Gasteiger partial charge in [0.15, 0.2) is 0 Å². The number of anilines is 3. The molecule has 0 unspecified atom stereocenters. The van der Waals surface area contributed by atoms with Crippen LogP contribution < -0.4 is 4.90 Å². The van der Waals surface area contributed by atoms with Crippen molar-refractivity contribution in [2.45, 2.75) is 64.7 Å². The Kier molecular flexibility index (Phi) is 7.25. The van der Waals surface area contributed by atoms with Gasteiger partial charge < -0.3 is 9.32 Å². The van der Waals surface area contributed by atoms with E-state index in [0.29, 0.717) is 0 Å². The van der Waals surface area contributed by atoms with Crippen molar-refractivity contribution >= 4 is 49.8 Å². The van der Waals surface area contributed by atoms with Gasteiger partial charge in [-0.1, -0.05) is 158 Å². The summed E-state index contributed by atoms with van der Waals surface area (Å²) in [6, 6.07) is 58.8. The van der Waals surface area contributed by atoms with E-state index in [9.17, 15) is 0 Å². The molecule has 58 heavy (non-hydrogen) atoms. The first-order valence-electron chi connectivity index (χ1n) is 20.7. The summed E-state index contributed by atoms with van der Waals surface area (Å²) in [5.41, 5.74) is 19.3. The number of benzene rings is 8. The largest absolute Gasteiger partial charge is 0.456 e. The Bertz CT molecular complexity index is 3140. The average Bonchev–Trinajstić information content (AvgIpc) is 3.80. The van der Waals surface area contributed by atoms with E-state index in [0.717, 1.165) is 22.5 Å². The van der Waals surface area contributed by atoms with Crippen LogP contribution in [0.15, 0.2) is 162 Å². The van der Waals surface area contributed by atoms with E-state index in [1.165, 1.54) is 88.4 Å². The third kappa shape index (κ3) is 4.91. The topological polar surface area (TPSA) is 16.4 Å². The predicted octanol–water partition coefficient (Wildman–Crippen LogP) is 15.8. The van der Waals surface area contributed by atoms with Crippen LogP contribution in [-0.4, -0.2) is 0 Å². The zero-order valence-electron chi connectivity index (χ0n) is 34.4. The summed E-state index contributed by atoms with van der Waals surface area (Å²) in [5.74, 6) is 0. The second kappa shape index (κ2) is 12.1. The average molecular weight is 750 g/mol. The molecule has 2 aliphatic rings. The van der Waals surface area contributed by atoms with Crippen LogP contribution in [0.4, 0.5) is 17.1 Å². The molecule has 0 saturated heterocycles. The minimum atomic E-state index is -0.217. The summed E-state index contributed by atoms with van der Waals surface area (Å²) in [6.45, 7) is 16.4. The molecule has 282 valence electrons. The molecule has 0 fully saturated rings. The van der Waals surface area contributed by atoms with Gasteiger partial charge in [-0.2, -0.15) is 0 Å². The number of fused-ring (bicyclic) bond motifs is 11. The first kappa shape index (κ1) is 34.8. The van der Waals surface area contributed by atoms with Crippen molar-refractivity contribution in [3.05, 3.63) is 186 Å². The number of rotatable bonds is 4. The van der Waals surface area contributed by atoms with Crippen LogP contribution in [0, 0.1) is 0 Å². The Morgan fingerprint density at radius 1 is 0.466 bits per heavy atom. The van der Waals surface area contributed by atoms with Crippen LogP contribution in [0.1, 0.15) is 76.3 Å². The fourth-order valence-corrected chi connectivity index (χ4v) is 10.3. The van der Waals surface area contributed by atoms with Crippen molar-refractivity contribution in [1.29, 1.82) is 0 Å². The first-order valence-corrected chi connectivity index (χ1v) is 20.7. The molecule has 1 heterocycles. The van der Waals surface area contributed by atoms with Gasteiger partial charge in [0.05, 0.1) is 5.69 Å². The quantitative estimate of drug-likeness (QED) is 0.178. The van der Waals surface area contributed by atoms with Crippen molar-refractivity contribution in [3.63, 3.8) is 0 Å². The minimum absolute atomic E-state index is 0.00801. The molecule has 0 N–H and O–H groups in total. The maximum Gasteiger partial charge on any atom is 0.136 e. The van der Waals surface area contributed by atoms with E-state index < -0.39 is 0 Å². The fraction of sp³-hybridized carbons (Fsp3) is 0.179. The highest BCUT2D eigenvalue weighted by Crippen LogP contribution is 2.58. The van der Waals surface area contributed by atoms with E-state index in [-0.39, 0.29) is 16.2 Å². The second-order valence-electron chi connectivity index (χ2n) is 18.6. The Labute approximate surface area is 341 Å². The molecule has 2 heteroatoms. The van der Waals surface area contributed by atoms with Gasteiger partial charge in [-0.05, 0) is 120 Å². The summed E-state index contributed by atoms with van der Waals surface area (Å²) in [5, 5.41) is 4.90. The van der Waals surface area contributed by atoms with Gasteiger partial charge >= 0.3 is 0 Å². The van der Waals surface area contributed by atoms with E-state index in [4.69, 9.17) is 4.42 Å². The number of hydrogen-bond acceptors (Lipinski definition) is 2. The molecule has 0 atom stereocenters. The van der Waals surface area contributed by atoms with Crippen molar-refractivity contribution in [2.75, 3.05) is 4.90 Å². The lowest BCUT2D eigenvalue weighted by Gasteiger charge is -2.30. The van der Waals surface area contributed by atoms with Crippen LogP contribution in [0.2, 0.25) is 0 Å². The molecule has 2 aliphatic carbocycles. The monoisotopic (exact) mass is 749 g/mol. The van der Waals surface area contributed by atoms with Gasteiger partial charge in [0.2, 0.25) is 0 Å². The highest BCUT2D eigenvalue weighted by molar-refractivity contribution is 6.17. The van der Waals surface area contributed by atoms with E-state index >= 15 is 0 Å². The molecule has 0 bridgehead atoms. The maximum atomic E-state index is 6.67. The number of furan rings is 1. The van der Waals surface area contributed by atoms with Gasteiger partial charge in [0.25, 0.3) is 0 Å². The Morgan fingerprint density at radius 2 is 1.10 bits per heavy atom. The molecular weight excluding hydrogens is 703 g/mol. The summed E-state index contributed by atoms with van der Waals surface area (Å²) in [6.07, 6.45) is 0. The molecule has 0 aliphatic heterocycles. The lowest BCUT2D eigenvalue weighted by Crippen LogP contribution is -2.17. The van der Waals surface area contributed by atoms with Crippen LogP contribution in [0.5, 0.6) is 0 Å². The zero-order valence-corrected chi connectivity index (χ0v) is 34.4. The SMILES string of the molecule is CC(C)(C)c1ccc2oc3ccc4c(c3c2c1)-c1c(N(c2ccc(-c3cccc5ccccc35)cc2)c2ccc3c(c2)C(C)(C)c2ccccc2-3)cccc1C4(C)C. The van der Waals surface area contributed by atoms with Crippen molar-refractivity contribution in [2.24, 2.45) is 0 Å². The van der Waals surface area contributed by atoms with Crippen LogP contribution in [0.25, 0.3) is 66.1 Å². The van der Waals surface area contributed by atoms with Crippen LogP contribution in [-0.2, 0) is 16.2 Å². The minimum Gasteiger partial charge on any atom is -0.456 e. The molecule has 0 amide bonds. The Morgan fingerprint density at radius 3 is 1.93 bits per heavy atom. The molecule has 0 spiro atoms. The molecule has 9 aromatic rings. The molecular formula is C56H47NO. The van der Waals surface area contributed by atoms with Crippen molar-refractivity contribution in [1.82, 2.24) is 0 Å². The summed E-state index contributed by atoms with van der Waals surface area (Å²) in [7, 11) is 0. The highest BCUT2D eigenvalue weighted by Gasteiger charge is 2.41. The molecule has 1 aromatic heterocycles. The van der Waals surface area contributed by atoms with Crippen LogP contribution >= 0.6 is 0 Å². The summed E-state index contributed by atoms with van der Waals surface area (Å²) in [4.78, 5) is 2.51. The van der Waals surface area contributed by atoms with Gasteiger partial charge in [-0.15, -0.1) is 0 Å². The number of nitrogens with zero attached hydrogens (tertiary/aromatic N) is 1. The van der Waals surface area contributed by atoms with E-state index in [1.54, 1.807) is 0 Å². The van der Waals surface area contributed by atoms with Gasteiger partial charge in [0.1, 0.15) is 11.2 Å². The standard InChI is InChI=1S/C56H47NO/c1-54(2,3)36-24-30-49-43(32-36)51-50(58-49)31-29-46-53(51)52-45(56(46,6)7)20-13-21-48(52)57(38-27-28-42-41-17-10-11-19-44(41)55(4,5)47(42)33-38)37-25-22-35(23-26-37)40-18-12-15-34-14-8-9-16-39(34)40/h8-33H,1-7H3. The molecule has 2 nitrogen and oxygen atoms in total. The Hall–Kier alpha value is -6.38. The highest BCUT2D eigenvalue weighted by atomic mass is 16.3. The van der Waals surface area contributed by atoms with Gasteiger partial charge in [0, 0.05) is 38.5 Å². The molecule has 0 radical (unpaired) electrons. The lowest BCUT2D eigenvalue weighted by molar-refractivity contribution is 0.590. The maximum absolute atomic E-state index is 6.67. The van der Waals surface area contributed by atoms with Crippen molar-refractivity contribution < 1.29 is 4.42 Å². The molecule has 11 rings (SSSR count). The fourth-order valence-electron chi connectivity index (χ4n) is 10.3. The van der Waals surface area contributed by atoms with Crippen LogP contribution in [0.3, 0.4) is 0 Å². The predicted molar refractivity (Wildman–Crippen MR) is 245 cm³/mol. The molecule has 8 aromatic carbocycles. The zero-order chi connectivity index (χ0) is 39.7. The van der Waals surface area contributed by atoms with Crippen molar-refractivity contribution in [3.8, 4) is 33.4 Å². The lowest BCUT2D eigenvalue weighted by atomic mass is 9.82. The Balaban J connectivity index is 1.17. The summed E-state index contributed by atoms with van der Waals surface area (Å²) < 4.78 is 6.67. The van der Waals surface area contributed by atoms with Gasteiger partial charge in [-0.25, -0.2) is 0 Å². The number of hydrogen-bond donors (Lipinski definition) is 0. The van der Waals surface area contributed by atoms with E-state index in [2.05, 4.69) is 211 Å².